The number of fused-ring (bicyclic) bond motifs is 1. The molecule has 0 saturated carbocycles. The van der Waals surface area contributed by atoms with E-state index >= 15 is 0 Å². The van der Waals surface area contributed by atoms with Gasteiger partial charge < -0.3 is 4.98 Å². The molecule has 190 valence electrons. The number of H-pyrrole nitrogens is 1. The maximum Gasteiger partial charge on any atom is 0.252 e. The Morgan fingerprint density at radius 1 is 1.06 bits per heavy atom. The van der Waals surface area contributed by atoms with Crippen LogP contribution in [0.5, 0.6) is 0 Å². The number of pyridine rings is 1. The summed E-state index contributed by atoms with van der Waals surface area (Å²) in [6.07, 6.45) is 0. The number of aromatic amines is 1. The fraction of sp³-hybridized carbons (Fsp3) is 0.429. The monoisotopic (exact) mass is 490 g/mol. The summed E-state index contributed by atoms with van der Waals surface area (Å²) in [7, 11) is 0. The minimum Gasteiger partial charge on any atom is -0.321 e. The third kappa shape index (κ3) is 5.38. The number of aryl methyl sites for hydroxylation is 2. The molecule has 4 rings (SSSR count). The van der Waals surface area contributed by atoms with Crippen LogP contribution in [-0.2, 0) is 18.6 Å². The van der Waals surface area contributed by atoms with Gasteiger partial charge in [0.05, 0.1) is 17.1 Å². The van der Waals surface area contributed by atoms with Crippen LogP contribution in [0, 0.1) is 25.6 Å². The lowest BCUT2D eigenvalue weighted by Gasteiger charge is -2.35. The molecule has 0 spiro atoms. The lowest BCUT2D eigenvalue weighted by molar-refractivity contribution is 0.119. The Balaban J connectivity index is 1.83. The summed E-state index contributed by atoms with van der Waals surface area (Å²) in [4.78, 5) is 18.5. The van der Waals surface area contributed by atoms with Crippen LogP contribution in [0.1, 0.15) is 68.7 Å². The van der Waals surface area contributed by atoms with Gasteiger partial charge in [0, 0.05) is 18.7 Å². The van der Waals surface area contributed by atoms with E-state index in [2.05, 4.69) is 79.1 Å². The molecule has 1 N–H and O–H groups in total. The molecule has 0 fully saturated rings. The molecule has 2 heterocycles. The summed E-state index contributed by atoms with van der Waals surface area (Å²) < 4.78 is 15.5. The highest BCUT2D eigenvalue weighted by Crippen LogP contribution is 2.32. The second kappa shape index (κ2) is 9.93. The van der Waals surface area contributed by atoms with Crippen LogP contribution in [0.25, 0.3) is 10.9 Å². The van der Waals surface area contributed by atoms with Crippen LogP contribution in [0.15, 0.2) is 47.3 Å². The normalized spacial score (nSPS) is 13.2. The van der Waals surface area contributed by atoms with E-state index in [-0.39, 0.29) is 28.9 Å². The van der Waals surface area contributed by atoms with Gasteiger partial charge >= 0.3 is 0 Å². The SMILES string of the molecule is Cc1cc(C)c2[nH]c(=O)c(CN(Cc3ccc(F)cc3)C(c3nnnn3C(C)(C)C)C(C)C)cc2c1. The molecule has 0 aliphatic heterocycles. The van der Waals surface area contributed by atoms with Crippen molar-refractivity contribution in [2.24, 2.45) is 5.92 Å². The number of halogens is 1. The molecule has 1 atom stereocenters. The van der Waals surface area contributed by atoms with Crippen LogP contribution >= 0.6 is 0 Å². The van der Waals surface area contributed by atoms with E-state index in [1.54, 1.807) is 12.1 Å². The summed E-state index contributed by atoms with van der Waals surface area (Å²) in [5, 5.41) is 13.7. The van der Waals surface area contributed by atoms with Gasteiger partial charge in [0.1, 0.15) is 5.82 Å². The van der Waals surface area contributed by atoms with Gasteiger partial charge in [-0.3, -0.25) is 9.69 Å². The quantitative estimate of drug-likeness (QED) is 0.374. The summed E-state index contributed by atoms with van der Waals surface area (Å²) in [5.41, 5.74) is 4.22. The number of hydrogen-bond acceptors (Lipinski definition) is 5. The third-order valence-electron chi connectivity index (χ3n) is 6.46. The van der Waals surface area contributed by atoms with Gasteiger partial charge in [0.15, 0.2) is 5.82 Å². The average Bonchev–Trinajstić information content (AvgIpc) is 3.26. The van der Waals surface area contributed by atoms with E-state index in [0.717, 1.165) is 33.4 Å². The van der Waals surface area contributed by atoms with E-state index in [1.165, 1.54) is 12.1 Å². The van der Waals surface area contributed by atoms with Crippen molar-refractivity contribution >= 4 is 10.9 Å². The van der Waals surface area contributed by atoms with Crippen LogP contribution in [0.3, 0.4) is 0 Å². The van der Waals surface area contributed by atoms with Crippen molar-refractivity contribution in [3.8, 4) is 0 Å². The summed E-state index contributed by atoms with van der Waals surface area (Å²) in [6, 6.07) is 12.4. The highest BCUT2D eigenvalue weighted by Gasteiger charge is 2.33. The van der Waals surface area contributed by atoms with Crippen LogP contribution < -0.4 is 5.56 Å². The van der Waals surface area contributed by atoms with E-state index in [0.29, 0.717) is 18.7 Å². The van der Waals surface area contributed by atoms with Crippen molar-refractivity contribution in [2.45, 2.75) is 73.1 Å². The van der Waals surface area contributed by atoms with Crippen molar-refractivity contribution in [1.29, 1.82) is 0 Å². The van der Waals surface area contributed by atoms with Crippen LogP contribution in [0.2, 0.25) is 0 Å². The number of rotatable bonds is 7. The van der Waals surface area contributed by atoms with Gasteiger partial charge in [-0.1, -0.05) is 37.6 Å². The molecule has 7 nitrogen and oxygen atoms in total. The predicted octanol–water partition coefficient (Wildman–Crippen LogP) is 5.43. The van der Waals surface area contributed by atoms with Crippen molar-refractivity contribution in [3.05, 3.63) is 86.7 Å². The standard InChI is InChI=1S/C28H35FN6O/c1-17(2)25(26-31-32-33-35(26)28(5,6)7)34(15-20-8-10-23(29)11-9-20)16-22-14-21-13-18(3)12-19(4)24(21)30-27(22)36/h8-14,17,25H,15-16H2,1-7H3,(H,30,36). The topological polar surface area (TPSA) is 79.7 Å². The Kier molecular flexibility index (Phi) is 7.09. The molecule has 1 unspecified atom stereocenters. The van der Waals surface area contributed by atoms with Gasteiger partial charge in [0.2, 0.25) is 0 Å². The molecule has 36 heavy (non-hydrogen) atoms. The fourth-order valence-corrected chi connectivity index (χ4v) is 4.88. The maximum absolute atomic E-state index is 13.6. The molecule has 0 aliphatic carbocycles. The third-order valence-corrected chi connectivity index (χ3v) is 6.46. The van der Waals surface area contributed by atoms with Crippen LogP contribution in [-0.4, -0.2) is 30.1 Å². The first-order chi connectivity index (χ1) is 16.9. The lowest BCUT2D eigenvalue weighted by Crippen LogP contribution is -2.37. The first kappa shape index (κ1) is 25.7. The Morgan fingerprint density at radius 3 is 2.39 bits per heavy atom. The second-order valence-corrected chi connectivity index (χ2v) is 11.0. The zero-order valence-corrected chi connectivity index (χ0v) is 22.1. The Morgan fingerprint density at radius 2 is 1.75 bits per heavy atom. The largest absolute Gasteiger partial charge is 0.321 e. The summed E-state index contributed by atoms with van der Waals surface area (Å²) in [6.45, 7) is 15.4. The number of benzene rings is 2. The highest BCUT2D eigenvalue weighted by atomic mass is 19.1. The van der Waals surface area contributed by atoms with Gasteiger partial charge in [-0.15, -0.1) is 5.10 Å². The van der Waals surface area contributed by atoms with E-state index < -0.39 is 0 Å². The Labute approximate surface area is 211 Å². The van der Waals surface area contributed by atoms with E-state index in [1.807, 2.05) is 17.7 Å². The first-order valence-electron chi connectivity index (χ1n) is 12.3. The number of tetrazole rings is 1. The van der Waals surface area contributed by atoms with Gasteiger partial charge in [0.25, 0.3) is 5.56 Å². The number of nitrogens with zero attached hydrogens (tertiary/aromatic N) is 5. The predicted molar refractivity (Wildman–Crippen MR) is 140 cm³/mol. The highest BCUT2D eigenvalue weighted by molar-refractivity contribution is 5.82. The molecular formula is C28H35FN6O. The van der Waals surface area contributed by atoms with Crippen molar-refractivity contribution in [2.75, 3.05) is 0 Å². The zero-order valence-electron chi connectivity index (χ0n) is 22.1. The van der Waals surface area contributed by atoms with Gasteiger partial charge in [-0.25, -0.2) is 9.07 Å². The molecule has 2 aromatic carbocycles. The molecule has 8 heteroatoms. The fourth-order valence-electron chi connectivity index (χ4n) is 4.88. The smallest absolute Gasteiger partial charge is 0.252 e. The maximum atomic E-state index is 13.6. The van der Waals surface area contributed by atoms with Gasteiger partial charge in [-0.05, 0) is 91.7 Å². The minimum absolute atomic E-state index is 0.114. The molecule has 0 bridgehead atoms. The summed E-state index contributed by atoms with van der Waals surface area (Å²) in [5.74, 6) is 0.601. The van der Waals surface area contributed by atoms with E-state index in [9.17, 15) is 9.18 Å². The number of hydrogen-bond donors (Lipinski definition) is 1. The zero-order chi connectivity index (χ0) is 26.2. The molecule has 2 aromatic heterocycles. The number of nitrogens with one attached hydrogen (secondary N) is 1. The van der Waals surface area contributed by atoms with Crippen molar-refractivity contribution < 1.29 is 4.39 Å². The lowest BCUT2D eigenvalue weighted by atomic mass is 9.98. The van der Waals surface area contributed by atoms with Crippen molar-refractivity contribution in [1.82, 2.24) is 30.1 Å². The Hall–Kier alpha value is -3.39. The van der Waals surface area contributed by atoms with Crippen LogP contribution in [0.4, 0.5) is 4.39 Å². The van der Waals surface area contributed by atoms with E-state index in [4.69, 9.17) is 0 Å². The first-order valence-corrected chi connectivity index (χ1v) is 12.3. The molecule has 4 aromatic rings. The second-order valence-electron chi connectivity index (χ2n) is 11.0. The van der Waals surface area contributed by atoms with Crippen molar-refractivity contribution in [3.63, 3.8) is 0 Å². The molecule has 0 saturated heterocycles. The summed E-state index contributed by atoms with van der Waals surface area (Å²) >= 11 is 0. The number of aromatic nitrogens is 5. The molecule has 0 amide bonds. The van der Waals surface area contributed by atoms with Gasteiger partial charge in [-0.2, -0.15) is 0 Å². The minimum atomic E-state index is -0.316. The molecule has 0 aliphatic rings. The molecular weight excluding hydrogens is 455 g/mol. The Bertz CT molecular complexity index is 1410. The molecule has 0 radical (unpaired) electrons. The average molecular weight is 491 g/mol.